The van der Waals surface area contributed by atoms with E-state index in [1.807, 2.05) is 6.92 Å². The second-order valence-corrected chi connectivity index (χ2v) is 4.31. The van der Waals surface area contributed by atoms with Crippen molar-refractivity contribution in [2.24, 2.45) is 0 Å². The van der Waals surface area contributed by atoms with E-state index in [-0.39, 0.29) is 24.1 Å². The zero-order chi connectivity index (χ0) is 15.8. The molecule has 1 aromatic rings. The van der Waals surface area contributed by atoms with Crippen molar-refractivity contribution in [1.82, 2.24) is 0 Å². The topological polar surface area (TPSA) is 113 Å². The Balaban J connectivity index is 2.88. The Kier molecular flexibility index (Phi) is 6.19. The number of aliphatic carboxylic acids is 1. The van der Waals surface area contributed by atoms with E-state index in [9.17, 15) is 14.4 Å². The van der Waals surface area contributed by atoms with Crippen LogP contribution in [0.3, 0.4) is 0 Å². The number of anilines is 1. The van der Waals surface area contributed by atoms with Crippen molar-refractivity contribution >= 4 is 23.5 Å². The van der Waals surface area contributed by atoms with Gasteiger partial charge in [0.15, 0.2) is 0 Å². The van der Waals surface area contributed by atoms with Gasteiger partial charge in [-0.3, -0.25) is 9.59 Å². The van der Waals surface area contributed by atoms with E-state index < -0.39 is 17.8 Å². The van der Waals surface area contributed by atoms with Gasteiger partial charge < -0.3 is 20.3 Å². The molecule has 21 heavy (non-hydrogen) atoms. The molecule has 0 fully saturated rings. The molecule has 3 N–H and O–H groups in total. The predicted octanol–water partition coefficient (Wildman–Crippen LogP) is 1.98. The maximum Gasteiger partial charge on any atom is 0.335 e. The average molecular weight is 295 g/mol. The van der Waals surface area contributed by atoms with E-state index in [1.54, 1.807) is 0 Å². The number of hydrogen-bond donors (Lipinski definition) is 3. The van der Waals surface area contributed by atoms with Crippen molar-refractivity contribution in [2.45, 2.75) is 26.2 Å². The monoisotopic (exact) mass is 295 g/mol. The highest BCUT2D eigenvalue weighted by atomic mass is 16.5. The predicted molar refractivity (Wildman–Crippen MR) is 74.7 cm³/mol. The minimum Gasteiger partial charge on any atom is -0.491 e. The molecule has 0 aliphatic heterocycles. The van der Waals surface area contributed by atoms with Crippen LogP contribution in [0.4, 0.5) is 5.69 Å². The summed E-state index contributed by atoms with van der Waals surface area (Å²) < 4.78 is 5.42. The Morgan fingerprint density at radius 3 is 2.48 bits per heavy atom. The van der Waals surface area contributed by atoms with Gasteiger partial charge in [0, 0.05) is 6.42 Å². The maximum atomic E-state index is 11.6. The fourth-order valence-corrected chi connectivity index (χ4v) is 1.53. The Labute approximate surface area is 121 Å². The lowest BCUT2D eigenvalue weighted by Gasteiger charge is -2.12. The Morgan fingerprint density at radius 1 is 1.19 bits per heavy atom. The first-order chi connectivity index (χ1) is 9.93. The lowest BCUT2D eigenvalue weighted by molar-refractivity contribution is -0.138. The fraction of sp³-hybridized carbons (Fsp3) is 0.357. The minimum atomic E-state index is -1.13. The molecule has 0 unspecified atom stereocenters. The SMILES string of the molecule is CCCOc1ccc(C(=O)O)cc1NC(=O)CCC(=O)O. The molecule has 7 heteroatoms. The highest BCUT2D eigenvalue weighted by molar-refractivity contribution is 5.96. The first-order valence-electron chi connectivity index (χ1n) is 6.45. The van der Waals surface area contributed by atoms with Crippen LogP contribution in [0.1, 0.15) is 36.5 Å². The number of amides is 1. The number of carbonyl (C=O) groups excluding carboxylic acids is 1. The molecule has 0 spiro atoms. The van der Waals surface area contributed by atoms with E-state index in [0.717, 1.165) is 6.42 Å². The van der Waals surface area contributed by atoms with Gasteiger partial charge in [-0.2, -0.15) is 0 Å². The standard InChI is InChI=1S/C14H17NO6/c1-2-7-21-11-4-3-9(14(19)20)8-10(11)15-12(16)5-6-13(17)18/h3-4,8H,2,5-7H2,1H3,(H,15,16)(H,17,18)(H,19,20). The Morgan fingerprint density at radius 2 is 1.90 bits per heavy atom. The smallest absolute Gasteiger partial charge is 0.335 e. The molecule has 114 valence electrons. The highest BCUT2D eigenvalue weighted by Crippen LogP contribution is 2.26. The Hall–Kier alpha value is -2.57. The minimum absolute atomic E-state index is 0.00684. The third-order valence-corrected chi connectivity index (χ3v) is 2.53. The third kappa shape index (κ3) is 5.52. The van der Waals surface area contributed by atoms with Crippen LogP contribution in [0.15, 0.2) is 18.2 Å². The van der Waals surface area contributed by atoms with E-state index in [2.05, 4.69) is 5.32 Å². The largest absolute Gasteiger partial charge is 0.491 e. The Bertz CT molecular complexity index is 540. The van der Waals surface area contributed by atoms with Crippen molar-refractivity contribution in [3.63, 3.8) is 0 Å². The van der Waals surface area contributed by atoms with Crippen LogP contribution in [-0.4, -0.2) is 34.7 Å². The van der Waals surface area contributed by atoms with Crippen LogP contribution in [0, 0.1) is 0 Å². The molecule has 7 nitrogen and oxygen atoms in total. The number of carboxylic acid groups (broad SMARTS) is 2. The molecular weight excluding hydrogens is 278 g/mol. The highest BCUT2D eigenvalue weighted by Gasteiger charge is 2.13. The second-order valence-electron chi connectivity index (χ2n) is 4.31. The van der Waals surface area contributed by atoms with Crippen LogP contribution >= 0.6 is 0 Å². The molecule has 0 atom stereocenters. The van der Waals surface area contributed by atoms with Gasteiger partial charge in [-0.25, -0.2) is 4.79 Å². The number of nitrogens with one attached hydrogen (secondary N) is 1. The molecule has 0 saturated carbocycles. The van der Waals surface area contributed by atoms with Gasteiger partial charge in [-0.05, 0) is 24.6 Å². The van der Waals surface area contributed by atoms with E-state index in [4.69, 9.17) is 14.9 Å². The number of rotatable bonds is 8. The van der Waals surface area contributed by atoms with Gasteiger partial charge in [0.05, 0.1) is 24.3 Å². The molecule has 0 saturated heterocycles. The summed E-state index contributed by atoms with van der Waals surface area (Å²) in [4.78, 5) is 33.0. The van der Waals surface area contributed by atoms with Gasteiger partial charge in [0.1, 0.15) is 5.75 Å². The summed E-state index contributed by atoms with van der Waals surface area (Å²) in [6, 6.07) is 4.12. The summed E-state index contributed by atoms with van der Waals surface area (Å²) >= 11 is 0. The third-order valence-electron chi connectivity index (χ3n) is 2.53. The number of benzene rings is 1. The molecule has 0 heterocycles. The molecule has 1 aromatic carbocycles. The maximum absolute atomic E-state index is 11.6. The van der Waals surface area contributed by atoms with Crippen LogP contribution in [0.5, 0.6) is 5.75 Å². The molecule has 0 aliphatic rings. The molecule has 0 aliphatic carbocycles. The molecule has 1 amide bonds. The van der Waals surface area contributed by atoms with Crippen molar-refractivity contribution in [2.75, 3.05) is 11.9 Å². The van der Waals surface area contributed by atoms with Crippen molar-refractivity contribution in [3.05, 3.63) is 23.8 Å². The van der Waals surface area contributed by atoms with Crippen molar-refractivity contribution in [3.8, 4) is 5.75 Å². The fourth-order valence-electron chi connectivity index (χ4n) is 1.53. The molecule has 0 bridgehead atoms. The van der Waals surface area contributed by atoms with Crippen LogP contribution in [-0.2, 0) is 9.59 Å². The van der Waals surface area contributed by atoms with E-state index in [1.165, 1.54) is 18.2 Å². The molecule has 0 radical (unpaired) electrons. The zero-order valence-electron chi connectivity index (χ0n) is 11.6. The first-order valence-corrected chi connectivity index (χ1v) is 6.45. The lowest BCUT2D eigenvalue weighted by atomic mass is 10.1. The van der Waals surface area contributed by atoms with Crippen LogP contribution in [0.2, 0.25) is 0 Å². The quantitative estimate of drug-likeness (QED) is 0.676. The van der Waals surface area contributed by atoms with Crippen LogP contribution in [0.25, 0.3) is 0 Å². The summed E-state index contributed by atoms with van der Waals surface area (Å²) in [5.41, 5.74) is 0.228. The normalized spacial score (nSPS) is 9.95. The summed E-state index contributed by atoms with van der Waals surface area (Å²) in [6.45, 7) is 2.33. The molecular formula is C14H17NO6. The lowest BCUT2D eigenvalue weighted by Crippen LogP contribution is -2.15. The summed E-state index contributed by atoms with van der Waals surface area (Å²) in [5, 5.41) is 20.0. The average Bonchev–Trinajstić information content (AvgIpc) is 2.43. The molecule has 1 rings (SSSR count). The number of aromatic carboxylic acids is 1. The summed E-state index contributed by atoms with van der Waals surface area (Å²) in [5.74, 6) is -2.36. The zero-order valence-corrected chi connectivity index (χ0v) is 11.6. The van der Waals surface area contributed by atoms with Gasteiger partial charge in [-0.15, -0.1) is 0 Å². The molecule has 0 aromatic heterocycles. The number of hydrogen-bond acceptors (Lipinski definition) is 4. The van der Waals surface area contributed by atoms with E-state index in [0.29, 0.717) is 12.4 Å². The van der Waals surface area contributed by atoms with E-state index >= 15 is 0 Å². The number of carboxylic acids is 2. The van der Waals surface area contributed by atoms with Gasteiger partial charge in [0.25, 0.3) is 0 Å². The summed E-state index contributed by atoms with van der Waals surface area (Å²) in [7, 11) is 0. The first kappa shape index (κ1) is 16.5. The van der Waals surface area contributed by atoms with Gasteiger partial charge >= 0.3 is 11.9 Å². The number of carbonyl (C=O) groups is 3. The van der Waals surface area contributed by atoms with Crippen molar-refractivity contribution in [1.29, 1.82) is 0 Å². The van der Waals surface area contributed by atoms with Gasteiger partial charge in [-0.1, -0.05) is 6.92 Å². The van der Waals surface area contributed by atoms with Gasteiger partial charge in [0.2, 0.25) is 5.91 Å². The van der Waals surface area contributed by atoms with Crippen molar-refractivity contribution < 1.29 is 29.3 Å². The second kappa shape index (κ2) is 7.88. The van der Waals surface area contributed by atoms with Crippen LogP contribution < -0.4 is 10.1 Å². The summed E-state index contributed by atoms with van der Waals surface area (Å²) in [6.07, 6.45) is 0.266. The number of ether oxygens (including phenoxy) is 1.